The van der Waals surface area contributed by atoms with Crippen molar-refractivity contribution in [2.45, 2.75) is 0 Å². The van der Waals surface area contributed by atoms with E-state index in [1.165, 1.54) is 6.07 Å². The molecule has 0 radical (unpaired) electrons. The van der Waals surface area contributed by atoms with Crippen molar-refractivity contribution in [3.63, 3.8) is 0 Å². The molecule has 0 saturated carbocycles. The van der Waals surface area contributed by atoms with Crippen LogP contribution in [0.3, 0.4) is 0 Å². The van der Waals surface area contributed by atoms with Crippen molar-refractivity contribution in [2.24, 2.45) is 5.73 Å². The quantitative estimate of drug-likeness (QED) is 0.598. The Labute approximate surface area is 133 Å². The Balaban J connectivity index is 2.48. The molecule has 0 bridgehead atoms. The van der Waals surface area contributed by atoms with Gasteiger partial charge in [0.25, 0.3) is 0 Å². The maximum atomic E-state index is 13.7. The van der Waals surface area contributed by atoms with Crippen molar-refractivity contribution in [3.8, 4) is 0 Å². The van der Waals surface area contributed by atoms with E-state index in [0.717, 1.165) is 6.07 Å². The van der Waals surface area contributed by atoms with E-state index in [1.54, 1.807) is 18.2 Å². The van der Waals surface area contributed by atoms with E-state index in [0.29, 0.717) is 16.3 Å². The normalized spacial score (nSPS) is 10.4. The summed E-state index contributed by atoms with van der Waals surface area (Å²) in [7, 11) is 0. The molecule has 0 aliphatic heterocycles. The fourth-order valence-corrected chi connectivity index (χ4v) is 2.54. The predicted octanol–water partition coefficient (Wildman–Crippen LogP) is 4.76. The molecule has 0 spiro atoms. The second-order valence-electron chi connectivity index (χ2n) is 3.90. The first-order valence-corrected chi connectivity index (χ1v) is 6.98. The zero-order valence-corrected chi connectivity index (χ0v) is 13.0. The van der Waals surface area contributed by atoms with Gasteiger partial charge in [-0.05, 0) is 34.1 Å². The average Bonchev–Trinajstić information content (AvgIpc) is 2.35. The summed E-state index contributed by atoms with van der Waals surface area (Å²) >= 11 is 13.9. The van der Waals surface area contributed by atoms with Gasteiger partial charge in [0.15, 0.2) is 0 Å². The summed E-state index contributed by atoms with van der Waals surface area (Å²) in [6.07, 6.45) is 0. The molecular weight excluding hydrogens is 370 g/mol. The van der Waals surface area contributed by atoms with Crippen molar-refractivity contribution in [1.29, 1.82) is 0 Å². The van der Waals surface area contributed by atoms with Crippen molar-refractivity contribution in [2.75, 3.05) is 5.32 Å². The standard InChI is InChI=1S/C13H8BrClF2N2S/c14-6-4-11(9(17)5-8(6)16)19-10-3-1-2-7(15)12(10)13(18)20/h1-5,19H,(H2,18,20). The second-order valence-corrected chi connectivity index (χ2v) is 5.60. The summed E-state index contributed by atoms with van der Waals surface area (Å²) < 4.78 is 27.1. The van der Waals surface area contributed by atoms with Gasteiger partial charge in [-0.3, -0.25) is 0 Å². The van der Waals surface area contributed by atoms with Gasteiger partial charge in [0.1, 0.15) is 16.6 Å². The molecule has 0 atom stereocenters. The van der Waals surface area contributed by atoms with Crippen molar-refractivity contribution < 1.29 is 8.78 Å². The molecule has 0 aromatic heterocycles. The Morgan fingerprint density at radius 3 is 2.55 bits per heavy atom. The van der Waals surface area contributed by atoms with Gasteiger partial charge in [-0.15, -0.1) is 0 Å². The van der Waals surface area contributed by atoms with Gasteiger partial charge in [-0.2, -0.15) is 0 Å². The Morgan fingerprint density at radius 2 is 1.90 bits per heavy atom. The molecule has 0 saturated heterocycles. The Morgan fingerprint density at radius 1 is 1.20 bits per heavy atom. The molecule has 0 amide bonds. The number of hydrogen-bond donors (Lipinski definition) is 2. The third-order valence-electron chi connectivity index (χ3n) is 2.54. The van der Waals surface area contributed by atoms with E-state index in [4.69, 9.17) is 29.6 Å². The molecule has 0 aliphatic rings. The Hall–Kier alpha value is -1.24. The molecule has 2 rings (SSSR count). The summed E-state index contributed by atoms with van der Waals surface area (Å²) in [4.78, 5) is 0.0830. The third-order valence-corrected chi connectivity index (χ3v) is 3.67. The van der Waals surface area contributed by atoms with E-state index in [-0.39, 0.29) is 15.1 Å². The molecular formula is C13H8BrClF2N2S. The molecule has 0 heterocycles. The smallest absolute Gasteiger partial charge is 0.149 e. The van der Waals surface area contributed by atoms with E-state index in [2.05, 4.69) is 21.2 Å². The molecule has 2 nitrogen and oxygen atoms in total. The minimum atomic E-state index is -0.737. The van der Waals surface area contributed by atoms with Crippen LogP contribution in [0.15, 0.2) is 34.8 Å². The van der Waals surface area contributed by atoms with Gasteiger partial charge in [0, 0.05) is 6.07 Å². The molecule has 3 N–H and O–H groups in total. The summed E-state index contributed by atoms with van der Waals surface area (Å²) in [5, 5.41) is 3.16. The van der Waals surface area contributed by atoms with Crippen LogP contribution in [0.1, 0.15) is 5.56 Å². The maximum Gasteiger partial charge on any atom is 0.149 e. The van der Waals surface area contributed by atoms with Gasteiger partial charge < -0.3 is 11.1 Å². The van der Waals surface area contributed by atoms with Gasteiger partial charge in [-0.1, -0.05) is 29.9 Å². The highest BCUT2D eigenvalue weighted by molar-refractivity contribution is 9.10. The molecule has 0 unspecified atom stereocenters. The van der Waals surface area contributed by atoms with Crippen LogP contribution >= 0.6 is 39.7 Å². The summed E-state index contributed by atoms with van der Waals surface area (Å²) in [5.74, 6) is -1.42. The van der Waals surface area contributed by atoms with Gasteiger partial charge >= 0.3 is 0 Å². The van der Waals surface area contributed by atoms with Crippen molar-refractivity contribution in [3.05, 3.63) is 57.0 Å². The van der Waals surface area contributed by atoms with Crippen molar-refractivity contribution >= 4 is 56.1 Å². The first-order chi connectivity index (χ1) is 9.40. The van der Waals surface area contributed by atoms with Crippen LogP contribution < -0.4 is 11.1 Å². The van der Waals surface area contributed by atoms with E-state index in [1.807, 2.05) is 0 Å². The number of anilines is 2. The zero-order chi connectivity index (χ0) is 14.9. The molecule has 2 aromatic carbocycles. The average molecular weight is 378 g/mol. The Bertz CT molecular complexity index is 694. The van der Waals surface area contributed by atoms with Crippen LogP contribution in [-0.2, 0) is 0 Å². The lowest BCUT2D eigenvalue weighted by molar-refractivity contribution is 0.581. The molecule has 0 aliphatic carbocycles. The number of nitrogens with one attached hydrogen (secondary N) is 1. The van der Waals surface area contributed by atoms with E-state index >= 15 is 0 Å². The van der Waals surface area contributed by atoms with Crippen LogP contribution in [0.2, 0.25) is 5.02 Å². The summed E-state index contributed by atoms with van der Waals surface area (Å²) in [5.41, 5.74) is 6.54. The monoisotopic (exact) mass is 376 g/mol. The van der Waals surface area contributed by atoms with Crippen LogP contribution in [0.25, 0.3) is 0 Å². The highest BCUT2D eigenvalue weighted by Gasteiger charge is 2.13. The largest absolute Gasteiger partial charge is 0.389 e. The molecule has 2 aromatic rings. The summed E-state index contributed by atoms with van der Waals surface area (Å²) in [6, 6.07) is 7.00. The number of rotatable bonds is 3. The fraction of sp³-hybridized carbons (Fsp3) is 0. The fourth-order valence-electron chi connectivity index (χ4n) is 1.64. The minimum Gasteiger partial charge on any atom is -0.389 e. The lowest BCUT2D eigenvalue weighted by Gasteiger charge is -2.13. The highest BCUT2D eigenvalue weighted by atomic mass is 79.9. The number of halogens is 4. The zero-order valence-electron chi connectivity index (χ0n) is 9.88. The Kier molecular flexibility index (Phi) is 4.57. The van der Waals surface area contributed by atoms with Crippen LogP contribution in [0.4, 0.5) is 20.2 Å². The van der Waals surface area contributed by atoms with Crippen LogP contribution in [0.5, 0.6) is 0 Å². The maximum absolute atomic E-state index is 13.7. The van der Waals surface area contributed by atoms with Crippen LogP contribution in [-0.4, -0.2) is 4.99 Å². The molecule has 0 fully saturated rings. The van der Waals surface area contributed by atoms with Gasteiger partial charge in [0.05, 0.1) is 26.4 Å². The minimum absolute atomic E-state index is 0.0815. The summed E-state index contributed by atoms with van der Waals surface area (Å²) in [6.45, 7) is 0. The highest BCUT2D eigenvalue weighted by Crippen LogP contribution is 2.30. The number of hydrogen-bond acceptors (Lipinski definition) is 2. The molecule has 20 heavy (non-hydrogen) atoms. The van der Waals surface area contributed by atoms with Crippen LogP contribution in [0, 0.1) is 11.6 Å². The van der Waals surface area contributed by atoms with E-state index < -0.39 is 11.6 Å². The predicted molar refractivity (Wildman–Crippen MR) is 84.7 cm³/mol. The number of benzene rings is 2. The third kappa shape index (κ3) is 3.08. The van der Waals surface area contributed by atoms with Gasteiger partial charge in [-0.25, -0.2) is 8.78 Å². The van der Waals surface area contributed by atoms with E-state index in [9.17, 15) is 8.78 Å². The second kappa shape index (κ2) is 6.03. The number of thiocarbonyl (C=S) groups is 1. The number of nitrogens with two attached hydrogens (primary N) is 1. The first-order valence-electron chi connectivity index (χ1n) is 5.40. The first kappa shape index (κ1) is 15.2. The SMILES string of the molecule is NC(=S)c1c(Cl)cccc1Nc1cc(Br)c(F)cc1F. The molecule has 104 valence electrons. The van der Waals surface area contributed by atoms with Crippen molar-refractivity contribution in [1.82, 2.24) is 0 Å². The topological polar surface area (TPSA) is 38.0 Å². The molecule has 7 heteroatoms. The lowest BCUT2D eigenvalue weighted by atomic mass is 10.1. The van der Waals surface area contributed by atoms with Gasteiger partial charge in [0.2, 0.25) is 0 Å². The lowest BCUT2D eigenvalue weighted by Crippen LogP contribution is -2.13.